The largest absolute Gasteiger partial charge is 0.382 e. The van der Waals surface area contributed by atoms with E-state index in [4.69, 9.17) is 11.1 Å². The number of H-pyrrole nitrogens is 1. The number of nitrogens with one attached hydrogen (secondary N) is 2. The second-order valence-corrected chi connectivity index (χ2v) is 5.03. The summed E-state index contributed by atoms with van der Waals surface area (Å²) in [4.78, 5) is 6.88. The second-order valence-electron chi connectivity index (χ2n) is 2.58. The van der Waals surface area contributed by atoms with Gasteiger partial charge in [-0.2, -0.15) is 0 Å². The van der Waals surface area contributed by atoms with Crippen LogP contribution in [-0.2, 0) is 0 Å². The Bertz CT molecular complexity index is 358. The first-order valence-electron chi connectivity index (χ1n) is 4.14. The highest BCUT2D eigenvalue weighted by atomic mass is 79.9. The molecule has 6 heteroatoms. The van der Waals surface area contributed by atoms with Crippen LogP contribution < -0.4 is 11.2 Å². The minimum Gasteiger partial charge on any atom is -0.382 e. The van der Waals surface area contributed by atoms with Crippen LogP contribution in [0.1, 0.15) is 12.6 Å². The number of nitrogens with two attached hydrogens (primary N) is 1. The molecule has 1 heterocycles. The van der Waals surface area contributed by atoms with Crippen molar-refractivity contribution in [2.24, 2.45) is 10.7 Å². The first-order chi connectivity index (χ1) is 6.69. The van der Waals surface area contributed by atoms with Crippen molar-refractivity contribution in [2.75, 3.05) is 6.16 Å². The van der Waals surface area contributed by atoms with Crippen LogP contribution in [0.3, 0.4) is 0 Å². The van der Waals surface area contributed by atoms with Gasteiger partial charge in [-0.1, -0.05) is 15.5 Å². The van der Waals surface area contributed by atoms with Crippen molar-refractivity contribution in [2.45, 2.75) is 6.92 Å². The molecule has 1 aromatic heterocycles. The monoisotopic (exact) mass is 274 g/mol. The van der Waals surface area contributed by atoms with Crippen molar-refractivity contribution >= 4 is 42.1 Å². The quantitative estimate of drug-likeness (QED) is 0.433. The van der Waals surface area contributed by atoms with Gasteiger partial charge in [0, 0.05) is 9.91 Å². The van der Waals surface area contributed by atoms with Gasteiger partial charge in [0.2, 0.25) is 0 Å². The number of hydrogen-bond donors (Lipinski definition) is 3. The number of halogens is 1. The minimum atomic E-state index is 0.332. The van der Waals surface area contributed by atoms with Crippen LogP contribution in [0.15, 0.2) is 15.5 Å². The summed E-state index contributed by atoms with van der Waals surface area (Å²) in [5, 5.41) is 6.82. The lowest BCUT2D eigenvalue weighted by molar-refractivity contribution is 1.36. The zero-order valence-corrected chi connectivity index (χ0v) is 10.4. The summed E-state index contributed by atoms with van der Waals surface area (Å²) < 4.78 is 0.900. The maximum Gasteiger partial charge on any atom is 0.150 e. The average Bonchev–Trinajstić information content (AvgIpc) is 2.48. The zero-order chi connectivity index (χ0) is 10.6. The summed E-state index contributed by atoms with van der Waals surface area (Å²) in [6.45, 7) is 2.13. The number of rotatable bonds is 4. The Labute approximate surface area is 92.8 Å². The summed E-state index contributed by atoms with van der Waals surface area (Å²) in [5.41, 5.74) is 7.56. The van der Waals surface area contributed by atoms with E-state index in [0.717, 1.165) is 36.7 Å². The smallest absolute Gasteiger partial charge is 0.150 e. The Hall–Kier alpha value is -0.670. The molecule has 14 heavy (non-hydrogen) atoms. The highest BCUT2D eigenvalue weighted by molar-refractivity contribution is 9.10. The molecule has 0 aliphatic rings. The van der Waals surface area contributed by atoms with Crippen LogP contribution in [0.5, 0.6) is 0 Å². The highest BCUT2D eigenvalue weighted by Crippen LogP contribution is 2.18. The molecule has 0 saturated heterocycles. The van der Waals surface area contributed by atoms with E-state index >= 15 is 0 Å². The first-order valence-corrected chi connectivity index (χ1v) is 6.14. The molecule has 0 aliphatic carbocycles. The van der Waals surface area contributed by atoms with Gasteiger partial charge in [-0.3, -0.25) is 5.41 Å². The van der Waals surface area contributed by atoms with Crippen LogP contribution in [0.2, 0.25) is 0 Å². The molecular weight excluding hydrogens is 263 g/mol. The molecule has 1 rings (SSSR count). The molecule has 0 aliphatic heterocycles. The van der Waals surface area contributed by atoms with Crippen LogP contribution in [0.4, 0.5) is 0 Å². The molecule has 0 radical (unpaired) electrons. The van der Waals surface area contributed by atoms with E-state index in [9.17, 15) is 0 Å². The molecular formula is C8H12BrN4P. The third kappa shape index (κ3) is 2.66. The topological polar surface area (TPSA) is 78.0 Å². The van der Waals surface area contributed by atoms with E-state index in [2.05, 4.69) is 32.8 Å². The third-order valence-corrected chi connectivity index (χ3v) is 3.23. The number of amidine groups is 1. The van der Waals surface area contributed by atoms with Crippen molar-refractivity contribution < 1.29 is 0 Å². The van der Waals surface area contributed by atoms with Gasteiger partial charge >= 0.3 is 0 Å². The standard InChI is InChI=1S/C8H12BrN4P/c1-2-14-6-3-5(9)7(13-6)8(11)12-4-10/h3-4,13-14H,2H2,1H3,(H3,10,11,12). The van der Waals surface area contributed by atoms with Gasteiger partial charge in [-0.05, 0) is 28.2 Å². The molecule has 0 bridgehead atoms. The van der Waals surface area contributed by atoms with Crippen LogP contribution in [-0.4, -0.2) is 23.3 Å². The number of aliphatic imine (C=N–C) groups is 1. The first kappa shape index (κ1) is 11.4. The van der Waals surface area contributed by atoms with Gasteiger partial charge in [-0.25, -0.2) is 4.99 Å². The number of aromatic nitrogens is 1. The molecule has 1 atom stereocenters. The van der Waals surface area contributed by atoms with Gasteiger partial charge in [-0.15, -0.1) is 0 Å². The number of hydrogen-bond acceptors (Lipinski definition) is 1. The fraction of sp³-hybridized carbons (Fsp3) is 0.250. The summed E-state index contributed by atoms with van der Waals surface area (Å²) >= 11 is 3.39. The van der Waals surface area contributed by atoms with Crippen molar-refractivity contribution in [3.63, 3.8) is 0 Å². The van der Waals surface area contributed by atoms with E-state index in [1.807, 2.05) is 6.07 Å². The molecule has 4 nitrogen and oxygen atoms in total. The Morgan fingerprint density at radius 3 is 3.14 bits per heavy atom. The summed E-state index contributed by atoms with van der Waals surface area (Å²) in [6.07, 6.45) is 2.04. The Morgan fingerprint density at radius 2 is 2.57 bits per heavy atom. The van der Waals surface area contributed by atoms with E-state index in [1.165, 1.54) is 0 Å². The fourth-order valence-electron chi connectivity index (χ4n) is 1.04. The third-order valence-electron chi connectivity index (χ3n) is 1.60. The van der Waals surface area contributed by atoms with Gasteiger partial charge in [0.1, 0.15) is 12.2 Å². The Morgan fingerprint density at radius 1 is 1.86 bits per heavy atom. The van der Waals surface area contributed by atoms with Gasteiger partial charge < -0.3 is 10.7 Å². The van der Waals surface area contributed by atoms with Crippen molar-refractivity contribution in [3.05, 3.63) is 16.2 Å². The maximum atomic E-state index is 6.82. The van der Waals surface area contributed by atoms with Crippen molar-refractivity contribution in [3.8, 4) is 0 Å². The molecule has 0 spiro atoms. The second kappa shape index (κ2) is 5.27. The highest BCUT2D eigenvalue weighted by Gasteiger charge is 2.08. The van der Waals surface area contributed by atoms with Crippen molar-refractivity contribution in [1.29, 1.82) is 5.41 Å². The van der Waals surface area contributed by atoms with Gasteiger partial charge in [0.05, 0.1) is 5.69 Å². The molecule has 0 aromatic carbocycles. The van der Waals surface area contributed by atoms with E-state index < -0.39 is 0 Å². The SMILES string of the molecule is CCPc1cc(Br)c(/C(N)=N\C=N)[nH]1. The molecule has 0 fully saturated rings. The Balaban J connectivity index is 2.97. The lowest BCUT2D eigenvalue weighted by Gasteiger charge is -1.96. The molecule has 0 amide bonds. The lowest BCUT2D eigenvalue weighted by atomic mass is 10.4. The number of aromatic amines is 1. The normalized spacial score (nSPS) is 12.6. The van der Waals surface area contributed by atoms with Crippen molar-refractivity contribution in [1.82, 2.24) is 4.98 Å². The summed E-state index contributed by atoms with van der Waals surface area (Å²) in [6, 6.07) is 2.00. The van der Waals surface area contributed by atoms with E-state index in [-0.39, 0.29) is 0 Å². The summed E-state index contributed by atoms with van der Waals surface area (Å²) in [5.74, 6) is 0.332. The van der Waals surface area contributed by atoms with Gasteiger partial charge in [0.25, 0.3) is 0 Å². The van der Waals surface area contributed by atoms with Gasteiger partial charge in [0.15, 0.2) is 0 Å². The van der Waals surface area contributed by atoms with Crippen LogP contribution in [0.25, 0.3) is 0 Å². The van der Waals surface area contributed by atoms with E-state index in [1.54, 1.807) is 0 Å². The lowest BCUT2D eigenvalue weighted by Crippen LogP contribution is -2.15. The summed E-state index contributed by atoms with van der Waals surface area (Å²) in [7, 11) is 0.746. The maximum absolute atomic E-state index is 6.82. The average molecular weight is 275 g/mol. The van der Waals surface area contributed by atoms with Crippen LogP contribution in [0, 0.1) is 5.41 Å². The Kier molecular flexibility index (Phi) is 4.29. The number of nitrogens with zero attached hydrogens (tertiary/aromatic N) is 1. The fourth-order valence-corrected chi connectivity index (χ4v) is 2.62. The molecule has 1 aromatic rings. The molecule has 0 saturated carbocycles. The zero-order valence-electron chi connectivity index (χ0n) is 7.76. The minimum absolute atomic E-state index is 0.332. The predicted octanol–water partition coefficient (Wildman–Crippen LogP) is 1.41. The molecule has 4 N–H and O–H groups in total. The van der Waals surface area contributed by atoms with Crippen LogP contribution >= 0.6 is 24.5 Å². The molecule has 1 unspecified atom stereocenters. The van der Waals surface area contributed by atoms with E-state index in [0.29, 0.717) is 5.84 Å². The predicted molar refractivity (Wildman–Crippen MR) is 66.5 cm³/mol. The molecule has 76 valence electrons.